The van der Waals surface area contributed by atoms with Gasteiger partial charge in [-0.15, -0.1) is 0 Å². The van der Waals surface area contributed by atoms with Gasteiger partial charge in [0, 0.05) is 19.2 Å². The average molecular weight is 577 g/mol. The van der Waals surface area contributed by atoms with Gasteiger partial charge in [0.25, 0.3) is 5.69 Å². The van der Waals surface area contributed by atoms with Crippen molar-refractivity contribution in [2.24, 2.45) is 11.8 Å². The number of methoxy groups -OCH3 is 1. The van der Waals surface area contributed by atoms with Crippen molar-refractivity contribution in [3.8, 4) is 5.75 Å². The Balaban J connectivity index is 1.32. The van der Waals surface area contributed by atoms with Crippen LogP contribution in [-0.4, -0.2) is 73.1 Å². The largest absolute Gasteiger partial charge is 0.513 e. The van der Waals surface area contributed by atoms with Crippen LogP contribution in [0.3, 0.4) is 0 Å². The molecule has 12 nitrogen and oxygen atoms in total. The molecule has 41 heavy (non-hydrogen) atoms. The van der Waals surface area contributed by atoms with E-state index in [1.54, 1.807) is 7.11 Å². The SMILES string of the molecule is COC1C(OC(=O)N[C@@H](COC(=O)Oc2ccc([N+](=O)[O-])cc2)C(C)C)CC[C@]2(CO2)C1[C@@]1(C)O[C@@H]1CC=C(C)C. The van der Waals surface area contributed by atoms with Gasteiger partial charge in [-0.1, -0.05) is 25.5 Å². The van der Waals surface area contributed by atoms with E-state index in [9.17, 15) is 19.7 Å². The van der Waals surface area contributed by atoms with Crippen LogP contribution < -0.4 is 10.1 Å². The fourth-order valence-corrected chi connectivity index (χ4v) is 5.71. The van der Waals surface area contributed by atoms with Crippen LogP contribution in [0, 0.1) is 22.0 Å². The van der Waals surface area contributed by atoms with Crippen molar-refractivity contribution in [1.29, 1.82) is 0 Å². The Bertz CT molecular complexity index is 1140. The van der Waals surface area contributed by atoms with Gasteiger partial charge in [0.05, 0.1) is 29.6 Å². The molecule has 1 amide bonds. The number of carbonyl (C=O) groups is 2. The highest BCUT2D eigenvalue weighted by Crippen LogP contribution is 2.59. The van der Waals surface area contributed by atoms with Gasteiger partial charge in [0.2, 0.25) is 0 Å². The van der Waals surface area contributed by atoms with Crippen LogP contribution in [0.25, 0.3) is 0 Å². The van der Waals surface area contributed by atoms with E-state index in [1.165, 1.54) is 29.8 Å². The molecule has 1 saturated carbocycles. The van der Waals surface area contributed by atoms with Crippen molar-refractivity contribution in [3.05, 3.63) is 46.0 Å². The fraction of sp³-hybridized carbons (Fsp3) is 0.655. The van der Waals surface area contributed by atoms with E-state index in [2.05, 4.69) is 32.2 Å². The highest BCUT2D eigenvalue weighted by Gasteiger charge is 2.72. The molecule has 3 unspecified atom stereocenters. The predicted molar refractivity (Wildman–Crippen MR) is 147 cm³/mol. The number of ether oxygens (including phenoxy) is 6. The zero-order valence-corrected chi connectivity index (χ0v) is 24.4. The summed E-state index contributed by atoms with van der Waals surface area (Å²) >= 11 is 0. The summed E-state index contributed by atoms with van der Waals surface area (Å²) in [5.41, 5.74) is 0.327. The molecule has 2 heterocycles. The lowest BCUT2D eigenvalue weighted by Gasteiger charge is -2.42. The smallest absolute Gasteiger partial charge is 0.443 e. The second-order valence-corrected chi connectivity index (χ2v) is 11.7. The zero-order chi connectivity index (χ0) is 29.9. The van der Waals surface area contributed by atoms with Gasteiger partial charge in [-0.2, -0.15) is 0 Å². The van der Waals surface area contributed by atoms with Crippen LogP contribution >= 0.6 is 0 Å². The van der Waals surface area contributed by atoms with E-state index in [0.717, 1.165) is 12.8 Å². The highest BCUT2D eigenvalue weighted by atomic mass is 16.7. The first-order chi connectivity index (χ1) is 19.4. The number of amides is 1. The van der Waals surface area contributed by atoms with Gasteiger partial charge in [-0.05, 0) is 58.1 Å². The lowest BCUT2D eigenvalue weighted by Crippen LogP contribution is -2.56. The third-order valence-electron chi connectivity index (χ3n) is 8.23. The molecule has 0 radical (unpaired) electrons. The maximum Gasteiger partial charge on any atom is 0.513 e. The van der Waals surface area contributed by atoms with Crippen LogP contribution in [0.2, 0.25) is 0 Å². The number of nitro benzene ring substituents is 1. The van der Waals surface area contributed by atoms with Gasteiger partial charge in [0.15, 0.2) is 0 Å². The lowest BCUT2D eigenvalue weighted by atomic mass is 9.68. The van der Waals surface area contributed by atoms with E-state index >= 15 is 0 Å². The van der Waals surface area contributed by atoms with Crippen molar-refractivity contribution < 1.29 is 42.9 Å². The first-order valence-electron chi connectivity index (χ1n) is 13.9. The summed E-state index contributed by atoms with van der Waals surface area (Å²) < 4.78 is 34.3. The Morgan fingerprint density at radius 2 is 1.93 bits per heavy atom. The predicted octanol–water partition coefficient (Wildman–Crippen LogP) is 4.94. The molecule has 3 aliphatic rings. The molecule has 1 aromatic rings. The molecule has 4 rings (SSSR count). The number of epoxide rings is 2. The summed E-state index contributed by atoms with van der Waals surface area (Å²) in [6, 6.07) is 4.48. The van der Waals surface area contributed by atoms with Gasteiger partial charge < -0.3 is 33.7 Å². The van der Waals surface area contributed by atoms with Crippen LogP contribution in [0.15, 0.2) is 35.9 Å². The third kappa shape index (κ3) is 7.17. The van der Waals surface area contributed by atoms with Crippen molar-refractivity contribution in [2.45, 2.75) is 89.4 Å². The maximum absolute atomic E-state index is 13.0. The topological polar surface area (TPSA) is 151 Å². The first-order valence-corrected chi connectivity index (χ1v) is 13.9. The monoisotopic (exact) mass is 576 g/mol. The number of carbonyl (C=O) groups excluding carboxylic acids is 2. The summed E-state index contributed by atoms with van der Waals surface area (Å²) in [6.45, 7) is 10.4. The van der Waals surface area contributed by atoms with E-state index in [0.29, 0.717) is 13.0 Å². The zero-order valence-electron chi connectivity index (χ0n) is 24.4. The van der Waals surface area contributed by atoms with Crippen LogP contribution in [0.4, 0.5) is 15.3 Å². The number of hydrogen-bond donors (Lipinski definition) is 1. The highest BCUT2D eigenvalue weighted by molar-refractivity contribution is 5.68. The minimum Gasteiger partial charge on any atom is -0.443 e. The maximum atomic E-state index is 13.0. The molecule has 1 N–H and O–H groups in total. The molecule has 2 aliphatic heterocycles. The molecule has 226 valence electrons. The van der Waals surface area contributed by atoms with Gasteiger partial charge in [-0.25, -0.2) is 9.59 Å². The van der Waals surface area contributed by atoms with Crippen LogP contribution in [0.1, 0.15) is 53.9 Å². The standard InChI is InChI=1S/C29H40N2O10/c1-17(2)7-12-23-28(5,41-23)25-24(36-6)22(13-14-29(25)16-38-29)40-26(32)30-21(18(3)4)15-37-27(33)39-20-10-8-19(9-11-20)31(34)35/h7-11,18,21-25H,12-16H2,1-6H3,(H,30,32)/t21-,22?,23+,24?,25?,28-,29-/m0/s1. The molecule has 0 aromatic heterocycles. The molecular weight excluding hydrogens is 536 g/mol. The molecule has 3 fully saturated rings. The van der Waals surface area contributed by atoms with Gasteiger partial charge in [0.1, 0.15) is 35.8 Å². The van der Waals surface area contributed by atoms with Crippen molar-refractivity contribution >= 4 is 17.9 Å². The van der Waals surface area contributed by atoms with Gasteiger partial charge >= 0.3 is 12.2 Å². The number of benzene rings is 1. The molecule has 2 saturated heterocycles. The summed E-state index contributed by atoms with van der Waals surface area (Å²) in [4.78, 5) is 35.4. The Labute approximate surface area is 239 Å². The van der Waals surface area contributed by atoms with E-state index in [-0.39, 0.29) is 41.6 Å². The minimum absolute atomic E-state index is 0.0435. The number of non-ortho nitro benzene ring substituents is 1. The minimum atomic E-state index is -0.996. The molecule has 1 aromatic carbocycles. The molecule has 12 heteroatoms. The van der Waals surface area contributed by atoms with Crippen molar-refractivity contribution in [2.75, 3.05) is 20.3 Å². The number of nitrogens with zero attached hydrogens (tertiary/aromatic N) is 1. The van der Waals surface area contributed by atoms with Gasteiger partial charge in [-0.3, -0.25) is 10.1 Å². The normalized spacial score (nSPS) is 30.7. The summed E-state index contributed by atoms with van der Waals surface area (Å²) in [6.07, 6.45) is 1.77. The Kier molecular flexibility index (Phi) is 9.25. The number of nitro groups is 1. The number of allylic oxidation sites excluding steroid dienone is 1. The second kappa shape index (κ2) is 12.3. The van der Waals surface area contributed by atoms with Crippen molar-refractivity contribution in [1.82, 2.24) is 5.32 Å². The van der Waals surface area contributed by atoms with E-state index < -0.39 is 41.0 Å². The Morgan fingerprint density at radius 3 is 2.49 bits per heavy atom. The fourth-order valence-electron chi connectivity index (χ4n) is 5.71. The number of rotatable bonds is 11. The first kappa shape index (κ1) is 30.7. The van der Waals surface area contributed by atoms with Crippen molar-refractivity contribution in [3.63, 3.8) is 0 Å². The quantitative estimate of drug-likeness (QED) is 0.0958. The molecule has 1 aliphatic carbocycles. The summed E-state index contributed by atoms with van der Waals surface area (Å²) in [5, 5.41) is 13.6. The summed E-state index contributed by atoms with van der Waals surface area (Å²) in [5.74, 6) is -0.0919. The lowest BCUT2D eigenvalue weighted by molar-refractivity contribution is -0.384. The van der Waals surface area contributed by atoms with Crippen LogP contribution in [-0.2, 0) is 23.7 Å². The molecular formula is C29H40N2O10. The van der Waals surface area contributed by atoms with E-state index in [4.69, 9.17) is 28.4 Å². The molecule has 0 bridgehead atoms. The number of alkyl carbamates (subject to hydrolysis) is 1. The molecule has 7 atom stereocenters. The van der Waals surface area contributed by atoms with Crippen LogP contribution in [0.5, 0.6) is 5.75 Å². The summed E-state index contributed by atoms with van der Waals surface area (Å²) in [7, 11) is 1.62. The molecule has 1 spiro atoms. The second-order valence-electron chi connectivity index (χ2n) is 11.7. The number of nitrogens with one attached hydrogen (secondary N) is 1. The van der Waals surface area contributed by atoms with E-state index in [1.807, 2.05) is 13.8 Å². The average Bonchev–Trinajstić information content (AvgIpc) is 3.83. The third-order valence-corrected chi connectivity index (χ3v) is 8.23. The Hall–Kier alpha value is -3.22. The number of hydrogen-bond acceptors (Lipinski definition) is 10. The Morgan fingerprint density at radius 1 is 1.24 bits per heavy atom.